The van der Waals surface area contributed by atoms with Crippen LogP contribution in [0.4, 0.5) is 0 Å². The molecule has 0 radical (unpaired) electrons. The number of hydrogen-bond acceptors (Lipinski definition) is 3. The Balaban J connectivity index is 2.49. The number of carboxylic acids is 1. The molecular formula is C15H17NO3. The lowest BCUT2D eigenvalue weighted by Gasteiger charge is -2.16. The first-order valence-corrected chi connectivity index (χ1v) is 6.20. The second-order valence-electron chi connectivity index (χ2n) is 4.85. The first-order valence-electron chi connectivity index (χ1n) is 6.20. The molecule has 1 N–H and O–H groups in total. The van der Waals surface area contributed by atoms with Gasteiger partial charge in [-0.25, -0.2) is 0 Å². The highest BCUT2D eigenvalue weighted by Crippen LogP contribution is 2.26. The molecule has 1 unspecified atom stereocenters. The summed E-state index contributed by atoms with van der Waals surface area (Å²) in [5, 5.41) is 10.2. The van der Waals surface area contributed by atoms with Gasteiger partial charge < -0.3 is 9.84 Å². The lowest BCUT2D eigenvalue weighted by Crippen LogP contribution is -2.18. The SMILES string of the molecule is COc1ccc2nc(C(C(=O)O)C(C)C)ccc2c1. The Hall–Kier alpha value is -2.10. The molecule has 2 rings (SSSR count). The zero-order valence-corrected chi connectivity index (χ0v) is 11.3. The molecule has 100 valence electrons. The average molecular weight is 259 g/mol. The van der Waals surface area contributed by atoms with Crippen molar-refractivity contribution in [3.8, 4) is 5.75 Å². The maximum atomic E-state index is 11.3. The monoisotopic (exact) mass is 259 g/mol. The standard InChI is InChI=1S/C15H17NO3/c1-9(2)14(15(17)18)13-6-4-10-8-11(19-3)5-7-12(10)16-13/h4-9,14H,1-3H3,(H,17,18). The fourth-order valence-electron chi connectivity index (χ4n) is 2.17. The van der Waals surface area contributed by atoms with Gasteiger partial charge >= 0.3 is 5.97 Å². The Morgan fingerprint density at radius 3 is 2.58 bits per heavy atom. The van der Waals surface area contributed by atoms with E-state index in [0.29, 0.717) is 5.69 Å². The van der Waals surface area contributed by atoms with Crippen molar-refractivity contribution in [3.05, 3.63) is 36.0 Å². The van der Waals surface area contributed by atoms with Crippen molar-refractivity contribution in [2.75, 3.05) is 7.11 Å². The van der Waals surface area contributed by atoms with E-state index in [1.165, 1.54) is 0 Å². The number of nitrogens with zero attached hydrogens (tertiary/aromatic N) is 1. The zero-order valence-electron chi connectivity index (χ0n) is 11.3. The van der Waals surface area contributed by atoms with Crippen LogP contribution in [0.5, 0.6) is 5.75 Å². The highest BCUT2D eigenvalue weighted by atomic mass is 16.5. The summed E-state index contributed by atoms with van der Waals surface area (Å²) in [5.74, 6) is -0.650. The summed E-state index contributed by atoms with van der Waals surface area (Å²) >= 11 is 0. The van der Waals surface area contributed by atoms with E-state index >= 15 is 0 Å². The van der Waals surface area contributed by atoms with Gasteiger partial charge in [-0.15, -0.1) is 0 Å². The summed E-state index contributed by atoms with van der Waals surface area (Å²) in [4.78, 5) is 15.8. The van der Waals surface area contributed by atoms with Crippen LogP contribution in [0, 0.1) is 5.92 Å². The molecule has 0 spiro atoms. The van der Waals surface area contributed by atoms with Crippen molar-refractivity contribution in [1.82, 2.24) is 4.98 Å². The van der Waals surface area contributed by atoms with Crippen LogP contribution in [-0.2, 0) is 4.79 Å². The molecule has 4 nitrogen and oxygen atoms in total. The largest absolute Gasteiger partial charge is 0.497 e. The average Bonchev–Trinajstić information content (AvgIpc) is 2.37. The van der Waals surface area contributed by atoms with Crippen molar-refractivity contribution in [1.29, 1.82) is 0 Å². The Bertz CT molecular complexity index is 607. The summed E-state index contributed by atoms with van der Waals surface area (Å²) in [5.41, 5.74) is 1.38. The van der Waals surface area contributed by atoms with Gasteiger partial charge in [0.1, 0.15) is 11.7 Å². The number of hydrogen-bond donors (Lipinski definition) is 1. The third-order valence-corrected chi connectivity index (χ3v) is 3.17. The summed E-state index contributed by atoms with van der Waals surface area (Å²) in [6.07, 6.45) is 0. The third-order valence-electron chi connectivity index (χ3n) is 3.17. The minimum atomic E-state index is -0.838. The Morgan fingerprint density at radius 2 is 2.00 bits per heavy atom. The fraction of sp³-hybridized carbons (Fsp3) is 0.333. The summed E-state index contributed by atoms with van der Waals surface area (Å²) in [6, 6.07) is 9.22. The Morgan fingerprint density at radius 1 is 1.26 bits per heavy atom. The van der Waals surface area contributed by atoms with Gasteiger partial charge in [-0.3, -0.25) is 9.78 Å². The topological polar surface area (TPSA) is 59.4 Å². The first kappa shape index (κ1) is 13.3. The van der Waals surface area contributed by atoms with E-state index in [4.69, 9.17) is 4.74 Å². The lowest BCUT2D eigenvalue weighted by atomic mass is 9.92. The maximum absolute atomic E-state index is 11.3. The third kappa shape index (κ3) is 2.67. The molecule has 0 amide bonds. The number of benzene rings is 1. The van der Waals surface area contributed by atoms with Crippen LogP contribution >= 0.6 is 0 Å². The first-order chi connectivity index (χ1) is 9.02. The normalized spacial score (nSPS) is 12.6. The van der Waals surface area contributed by atoms with Crippen LogP contribution in [-0.4, -0.2) is 23.2 Å². The van der Waals surface area contributed by atoms with Crippen molar-refractivity contribution in [2.45, 2.75) is 19.8 Å². The van der Waals surface area contributed by atoms with E-state index in [2.05, 4.69) is 4.98 Å². The number of ether oxygens (including phenoxy) is 1. The summed E-state index contributed by atoms with van der Waals surface area (Å²) < 4.78 is 5.15. The molecule has 0 aliphatic carbocycles. The van der Waals surface area contributed by atoms with Gasteiger partial charge in [-0.2, -0.15) is 0 Å². The molecule has 1 heterocycles. The number of rotatable bonds is 4. The molecule has 1 aromatic carbocycles. The van der Waals surface area contributed by atoms with Gasteiger partial charge in [0.2, 0.25) is 0 Å². The van der Waals surface area contributed by atoms with E-state index in [1.54, 1.807) is 13.2 Å². The van der Waals surface area contributed by atoms with E-state index in [0.717, 1.165) is 16.7 Å². The van der Waals surface area contributed by atoms with E-state index in [1.807, 2.05) is 38.1 Å². The molecule has 0 aliphatic heterocycles. The number of aromatic nitrogens is 1. The van der Waals surface area contributed by atoms with Crippen LogP contribution in [0.15, 0.2) is 30.3 Å². The van der Waals surface area contributed by atoms with Gasteiger partial charge in [0, 0.05) is 5.39 Å². The van der Waals surface area contributed by atoms with E-state index in [-0.39, 0.29) is 5.92 Å². The highest BCUT2D eigenvalue weighted by Gasteiger charge is 2.25. The minimum Gasteiger partial charge on any atom is -0.497 e. The molecule has 2 aromatic rings. The van der Waals surface area contributed by atoms with Crippen molar-refractivity contribution >= 4 is 16.9 Å². The second-order valence-corrected chi connectivity index (χ2v) is 4.85. The summed E-state index contributed by atoms with van der Waals surface area (Å²) in [6.45, 7) is 3.78. The Labute approximate surface area is 112 Å². The van der Waals surface area contributed by atoms with Crippen molar-refractivity contribution in [3.63, 3.8) is 0 Å². The van der Waals surface area contributed by atoms with Crippen molar-refractivity contribution < 1.29 is 14.6 Å². The maximum Gasteiger partial charge on any atom is 0.312 e. The van der Waals surface area contributed by atoms with Gasteiger partial charge in [-0.05, 0) is 30.2 Å². The lowest BCUT2D eigenvalue weighted by molar-refractivity contribution is -0.139. The molecule has 0 saturated heterocycles. The molecule has 0 saturated carbocycles. The smallest absolute Gasteiger partial charge is 0.312 e. The Kier molecular flexibility index (Phi) is 3.69. The summed E-state index contributed by atoms with van der Waals surface area (Å²) in [7, 11) is 1.61. The van der Waals surface area contributed by atoms with E-state index in [9.17, 15) is 9.90 Å². The van der Waals surface area contributed by atoms with Crippen LogP contribution < -0.4 is 4.74 Å². The quantitative estimate of drug-likeness (QED) is 0.916. The van der Waals surface area contributed by atoms with Gasteiger partial charge in [0.25, 0.3) is 0 Å². The number of fused-ring (bicyclic) bond motifs is 1. The molecule has 0 aliphatic rings. The number of methoxy groups -OCH3 is 1. The molecule has 0 bridgehead atoms. The number of carbonyl (C=O) groups is 1. The fourth-order valence-corrected chi connectivity index (χ4v) is 2.17. The molecule has 1 aromatic heterocycles. The van der Waals surface area contributed by atoms with Gasteiger partial charge in [-0.1, -0.05) is 19.9 Å². The van der Waals surface area contributed by atoms with Crippen LogP contribution in [0.2, 0.25) is 0 Å². The van der Waals surface area contributed by atoms with Crippen LogP contribution in [0.3, 0.4) is 0 Å². The number of pyridine rings is 1. The van der Waals surface area contributed by atoms with Gasteiger partial charge in [0.05, 0.1) is 18.3 Å². The number of carboxylic acid groups (broad SMARTS) is 1. The molecular weight excluding hydrogens is 242 g/mol. The predicted octanol–water partition coefficient (Wildman–Crippen LogP) is 3.07. The van der Waals surface area contributed by atoms with Crippen LogP contribution in [0.25, 0.3) is 10.9 Å². The molecule has 4 heteroatoms. The van der Waals surface area contributed by atoms with Crippen LogP contribution in [0.1, 0.15) is 25.5 Å². The van der Waals surface area contributed by atoms with Crippen molar-refractivity contribution in [2.24, 2.45) is 5.92 Å². The molecule has 1 atom stereocenters. The molecule has 19 heavy (non-hydrogen) atoms. The number of aliphatic carboxylic acids is 1. The zero-order chi connectivity index (χ0) is 14.0. The minimum absolute atomic E-state index is 0.000647. The van der Waals surface area contributed by atoms with Gasteiger partial charge in [0.15, 0.2) is 0 Å². The highest BCUT2D eigenvalue weighted by molar-refractivity contribution is 5.82. The predicted molar refractivity (Wildman–Crippen MR) is 73.5 cm³/mol. The van der Waals surface area contributed by atoms with E-state index < -0.39 is 11.9 Å². The molecule has 0 fully saturated rings. The second kappa shape index (κ2) is 5.26.